The van der Waals surface area contributed by atoms with Crippen molar-refractivity contribution in [1.29, 1.82) is 0 Å². The monoisotopic (exact) mass is 407 g/mol. The normalized spacial score (nSPS) is 14.4. The van der Waals surface area contributed by atoms with E-state index in [9.17, 15) is 0 Å². The highest BCUT2D eigenvalue weighted by Crippen LogP contribution is 2.36. The van der Waals surface area contributed by atoms with Crippen molar-refractivity contribution in [2.24, 2.45) is 0 Å². The second-order valence-electron chi connectivity index (χ2n) is 7.64. The first-order valence-electron chi connectivity index (χ1n) is 10.6. The molecule has 3 aromatic rings. The fourth-order valence-electron chi connectivity index (χ4n) is 3.87. The number of pyridine rings is 1. The molecule has 0 atom stereocenters. The number of nitrogens with zero attached hydrogens (tertiary/aromatic N) is 3. The smallest absolute Gasteiger partial charge is 0.119 e. The summed E-state index contributed by atoms with van der Waals surface area (Å²) < 4.78 is 6.01. The number of hydrogen-bond acceptors (Lipinski definition) is 5. The van der Waals surface area contributed by atoms with Gasteiger partial charge in [-0.25, -0.2) is 4.98 Å². The Hall–Kier alpha value is -2.24. The first-order chi connectivity index (χ1) is 14.2. The summed E-state index contributed by atoms with van der Waals surface area (Å²) in [5.41, 5.74) is 4.50. The molecule has 29 heavy (non-hydrogen) atoms. The fourth-order valence-corrected chi connectivity index (χ4v) is 4.92. The summed E-state index contributed by atoms with van der Waals surface area (Å²) in [6, 6.07) is 10.5. The van der Waals surface area contributed by atoms with Gasteiger partial charge in [0, 0.05) is 30.1 Å². The maximum atomic E-state index is 6.01. The van der Waals surface area contributed by atoms with E-state index in [1.807, 2.05) is 18.5 Å². The Morgan fingerprint density at radius 3 is 2.76 bits per heavy atom. The Labute approximate surface area is 177 Å². The molecule has 0 N–H and O–H groups in total. The molecular weight excluding hydrogens is 378 g/mol. The van der Waals surface area contributed by atoms with E-state index in [4.69, 9.17) is 9.72 Å². The van der Waals surface area contributed by atoms with Crippen molar-refractivity contribution in [2.45, 2.75) is 39.5 Å². The number of thiazole rings is 1. The van der Waals surface area contributed by atoms with E-state index < -0.39 is 0 Å². The number of aromatic nitrogens is 2. The van der Waals surface area contributed by atoms with Crippen molar-refractivity contribution >= 4 is 11.3 Å². The summed E-state index contributed by atoms with van der Waals surface area (Å²) >= 11 is 1.77. The molecule has 0 bridgehead atoms. The average Bonchev–Trinajstić information content (AvgIpc) is 3.41. The molecule has 4 nitrogen and oxygen atoms in total. The highest BCUT2D eigenvalue weighted by Gasteiger charge is 2.14. The van der Waals surface area contributed by atoms with Gasteiger partial charge in [-0.1, -0.05) is 6.92 Å². The second kappa shape index (κ2) is 9.51. The van der Waals surface area contributed by atoms with E-state index in [0.29, 0.717) is 0 Å². The van der Waals surface area contributed by atoms with Gasteiger partial charge in [0.25, 0.3) is 0 Å². The van der Waals surface area contributed by atoms with E-state index in [0.717, 1.165) is 48.6 Å². The summed E-state index contributed by atoms with van der Waals surface area (Å²) in [4.78, 5) is 13.0. The van der Waals surface area contributed by atoms with E-state index in [1.165, 1.54) is 41.4 Å². The maximum absolute atomic E-state index is 6.01. The van der Waals surface area contributed by atoms with E-state index >= 15 is 0 Å². The molecule has 152 valence electrons. The number of hydrogen-bond donors (Lipinski definition) is 0. The molecule has 4 rings (SSSR count). The van der Waals surface area contributed by atoms with Crippen LogP contribution in [0.15, 0.2) is 42.7 Å². The predicted octanol–water partition coefficient (Wildman–Crippen LogP) is 5.61. The number of aryl methyl sites for hydroxylation is 2. The van der Waals surface area contributed by atoms with Gasteiger partial charge in [-0.3, -0.25) is 9.88 Å². The Morgan fingerprint density at radius 2 is 1.97 bits per heavy atom. The van der Waals surface area contributed by atoms with Crippen LogP contribution in [-0.2, 0) is 6.42 Å². The third-order valence-electron chi connectivity index (χ3n) is 5.42. The molecule has 1 fully saturated rings. The lowest BCUT2D eigenvalue weighted by Gasteiger charge is -2.16. The first kappa shape index (κ1) is 20.0. The van der Waals surface area contributed by atoms with Crippen LogP contribution in [-0.4, -0.2) is 41.1 Å². The number of rotatable bonds is 8. The molecule has 1 aliphatic heterocycles. The van der Waals surface area contributed by atoms with Crippen molar-refractivity contribution in [2.75, 3.05) is 26.2 Å². The number of benzene rings is 1. The molecule has 0 amide bonds. The van der Waals surface area contributed by atoms with Crippen molar-refractivity contribution in [3.05, 3.63) is 53.3 Å². The van der Waals surface area contributed by atoms with Gasteiger partial charge in [0.15, 0.2) is 0 Å². The average molecular weight is 408 g/mol. The number of likely N-dealkylation sites (tertiary alicyclic amines) is 1. The molecule has 2 aromatic heterocycles. The van der Waals surface area contributed by atoms with E-state index in [1.54, 1.807) is 11.3 Å². The summed E-state index contributed by atoms with van der Waals surface area (Å²) in [5.74, 6) is 0.936. The van der Waals surface area contributed by atoms with Crippen LogP contribution in [0.5, 0.6) is 5.75 Å². The molecule has 3 heterocycles. The minimum atomic E-state index is 0.745. The van der Waals surface area contributed by atoms with Gasteiger partial charge in [0.05, 0.1) is 15.6 Å². The van der Waals surface area contributed by atoms with E-state index in [2.05, 4.69) is 48.0 Å². The Bertz CT molecular complexity index is 947. The highest BCUT2D eigenvalue weighted by molar-refractivity contribution is 7.15. The van der Waals surface area contributed by atoms with Crippen LogP contribution < -0.4 is 4.74 Å². The Morgan fingerprint density at radius 1 is 1.10 bits per heavy atom. The molecule has 1 aliphatic rings. The minimum Gasteiger partial charge on any atom is -0.492 e. The highest BCUT2D eigenvalue weighted by atomic mass is 32.1. The van der Waals surface area contributed by atoms with Gasteiger partial charge >= 0.3 is 0 Å². The molecule has 0 radical (unpaired) electrons. The van der Waals surface area contributed by atoms with Gasteiger partial charge in [-0.15, -0.1) is 11.3 Å². The fraction of sp³-hybridized carbons (Fsp3) is 0.417. The van der Waals surface area contributed by atoms with Gasteiger partial charge in [0.2, 0.25) is 0 Å². The van der Waals surface area contributed by atoms with Gasteiger partial charge in [-0.05, 0) is 81.6 Å². The first-order valence-corrected chi connectivity index (χ1v) is 11.4. The lowest BCUT2D eigenvalue weighted by atomic mass is 10.0. The molecule has 0 saturated carbocycles. The third-order valence-corrected chi connectivity index (χ3v) is 6.51. The predicted molar refractivity (Wildman–Crippen MR) is 121 cm³/mol. The lowest BCUT2D eigenvalue weighted by molar-refractivity contribution is 0.237. The van der Waals surface area contributed by atoms with Crippen molar-refractivity contribution < 1.29 is 4.74 Å². The van der Waals surface area contributed by atoms with Gasteiger partial charge in [0.1, 0.15) is 12.4 Å². The molecule has 0 aliphatic carbocycles. The van der Waals surface area contributed by atoms with Crippen LogP contribution in [0.25, 0.3) is 21.7 Å². The zero-order valence-corrected chi connectivity index (χ0v) is 18.2. The van der Waals surface area contributed by atoms with Crippen LogP contribution in [0, 0.1) is 6.92 Å². The molecular formula is C24H29N3OS. The maximum Gasteiger partial charge on any atom is 0.119 e. The van der Waals surface area contributed by atoms with Crippen LogP contribution >= 0.6 is 11.3 Å². The van der Waals surface area contributed by atoms with Crippen molar-refractivity contribution in [1.82, 2.24) is 14.9 Å². The molecule has 0 spiro atoms. The minimum absolute atomic E-state index is 0.745. The second-order valence-corrected chi connectivity index (χ2v) is 8.76. The quantitative estimate of drug-likeness (QED) is 0.487. The third kappa shape index (κ3) is 4.85. The molecule has 5 heteroatoms. The van der Waals surface area contributed by atoms with E-state index in [-0.39, 0.29) is 0 Å². The van der Waals surface area contributed by atoms with Gasteiger partial charge < -0.3 is 4.74 Å². The summed E-state index contributed by atoms with van der Waals surface area (Å²) in [7, 11) is 0. The standard InChI is InChI=1S/C24H29N3OS/c1-3-7-23-26-17-22(29-23)21-8-6-11-25-24(21)20-10-9-19(16-18(20)2)28-15-14-27-12-4-5-13-27/h6,8-11,16-17H,3-5,7,12-15H2,1-2H3. The van der Waals surface area contributed by atoms with Gasteiger partial charge in [-0.2, -0.15) is 0 Å². The zero-order chi connectivity index (χ0) is 20.1. The largest absolute Gasteiger partial charge is 0.492 e. The zero-order valence-electron chi connectivity index (χ0n) is 17.4. The molecule has 0 unspecified atom stereocenters. The topological polar surface area (TPSA) is 38.3 Å². The van der Waals surface area contributed by atoms with Crippen LogP contribution in [0.3, 0.4) is 0 Å². The molecule has 1 saturated heterocycles. The lowest BCUT2D eigenvalue weighted by Crippen LogP contribution is -2.25. The summed E-state index contributed by atoms with van der Waals surface area (Å²) in [5, 5.41) is 1.19. The summed E-state index contributed by atoms with van der Waals surface area (Å²) in [6.45, 7) is 8.50. The van der Waals surface area contributed by atoms with Crippen LogP contribution in [0.1, 0.15) is 36.8 Å². The molecule has 1 aromatic carbocycles. The van der Waals surface area contributed by atoms with Crippen molar-refractivity contribution in [3.8, 4) is 27.4 Å². The van der Waals surface area contributed by atoms with Crippen LogP contribution in [0.2, 0.25) is 0 Å². The summed E-state index contributed by atoms with van der Waals surface area (Å²) in [6.07, 6.45) is 8.64. The Kier molecular flexibility index (Phi) is 6.57. The Balaban J connectivity index is 1.52. The van der Waals surface area contributed by atoms with Crippen molar-refractivity contribution in [3.63, 3.8) is 0 Å². The number of ether oxygens (including phenoxy) is 1. The SMILES string of the molecule is CCCc1ncc(-c2cccnc2-c2ccc(OCCN3CCCC3)cc2C)s1. The van der Waals surface area contributed by atoms with Crippen LogP contribution in [0.4, 0.5) is 0 Å².